The Balaban J connectivity index is 1.99. The van der Waals surface area contributed by atoms with Crippen LogP contribution in [-0.4, -0.2) is 30.6 Å². The maximum absolute atomic E-state index is 6.19. The van der Waals surface area contributed by atoms with E-state index in [0.29, 0.717) is 17.7 Å². The molecule has 0 radical (unpaired) electrons. The van der Waals surface area contributed by atoms with Crippen LogP contribution in [0.5, 0.6) is 5.75 Å². The number of benzene rings is 1. The molecule has 0 amide bonds. The van der Waals surface area contributed by atoms with Crippen molar-refractivity contribution in [2.24, 2.45) is 5.73 Å². The minimum absolute atomic E-state index is 0.317. The predicted octanol–water partition coefficient (Wildman–Crippen LogP) is 2.66. The quantitative estimate of drug-likeness (QED) is 0.912. The Morgan fingerprint density at radius 3 is 3.00 bits per heavy atom. The van der Waals surface area contributed by atoms with Crippen molar-refractivity contribution in [2.45, 2.75) is 32.4 Å². The molecule has 0 aromatic heterocycles. The van der Waals surface area contributed by atoms with Crippen LogP contribution in [-0.2, 0) is 6.54 Å². The summed E-state index contributed by atoms with van der Waals surface area (Å²) in [7, 11) is 0. The van der Waals surface area contributed by atoms with E-state index in [4.69, 9.17) is 22.1 Å². The van der Waals surface area contributed by atoms with Crippen molar-refractivity contribution in [3.8, 4) is 5.75 Å². The molecule has 0 aliphatic carbocycles. The van der Waals surface area contributed by atoms with Crippen molar-refractivity contribution in [3.05, 3.63) is 28.8 Å². The Morgan fingerprint density at radius 2 is 2.33 bits per heavy atom. The molecule has 1 aromatic rings. The summed E-state index contributed by atoms with van der Waals surface area (Å²) < 4.78 is 5.43. The van der Waals surface area contributed by atoms with E-state index in [1.165, 1.54) is 12.0 Å². The van der Waals surface area contributed by atoms with Gasteiger partial charge in [0.25, 0.3) is 0 Å². The fourth-order valence-electron chi connectivity index (χ4n) is 2.41. The summed E-state index contributed by atoms with van der Waals surface area (Å²) in [6, 6.07) is 6.34. The molecule has 1 heterocycles. The predicted molar refractivity (Wildman–Crippen MR) is 75.1 cm³/mol. The third kappa shape index (κ3) is 3.61. The number of hydrogen-bond donors (Lipinski definition) is 1. The van der Waals surface area contributed by atoms with Crippen molar-refractivity contribution in [1.82, 2.24) is 4.90 Å². The lowest BCUT2D eigenvalue weighted by molar-refractivity contribution is 0.201. The maximum atomic E-state index is 6.19. The third-order valence-electron chi connectivity index (χ3n) is 3.24. The Morgan fingerprint density at radius 1 is 1.50 bits per heavy atom. The minimum Gasteiger partial charge on any atom is -0.492 e. The molecule has 18 heavy (non-hydrogen) atoms. The van der Waals surface area contributed by atoms with E-state index >= 15 is 0 Å². The van der Waals surface area contributed by atoms with Gasteiger partial charge in [-0.3, -0.25) is 4.90 Å². The van der Waals surface area contributed by atoms with Gasteiger partial charge in [0.15, 0.2) is 0 Å². The molecule has 0 bridgehead atoms. The summed E-state index contributed by atoms with van der Waals surface area (Å²) in [6.07, 6.45) is 2.33. The van der Waals surface area contributed by atoms with E-state index in [9.17, 15) is 0 Å². The van der Waals surface area contributed by atoms with Crippen LogP contribution in [0, 0.1) is 0 Å². The highest BCUT2D eigenvalue weighted by Gasteiger charge is 2.16. The van der Waals surface area contributed by atoms with Crippen LogP contribution in [0.15, 0.2) is 18.2 Å². The molecule has 1 fully saturated rings. The summed E-state index contributed by atoms with van der Waals surface area (Å²) in [5.74, 6) is 0.762. The summed E-state index contributed by atoms with van der Waals surface area (Å²) in [5, 5.41) is 0.690. The first kappa shape index (κ1) is 13.7. The smallest absolute Gasteiger partial charge is 0.137 e. The SMILES string of the molecule is CCOc1ccc(CN2CCC[C@H](N)C2)cc1Cl. The van der Waals surface area contributed by atoms with Crippen LogP contribution in [0.25, 0.3) is 0 Å². The molecular formula is C14H21ClN2O. The molecule has 1 atom stereocenters. The van der Waals surface area contributed by atoms with Crippen molar-refractivity contribution < 1.29 is 4.74 Å². The van der Waals surface area contributed by atoms with Crippen LogP contribution in [0.4, 0.5) is 0 Å². The van der Waals surface area contributed by atoms with Gasteiger partial charge in [0.2, 0.25) is 0 Å². The van der Waals surface area contributed by atoms with Gasteiger partial charge in [0.05, 0.1) is 11.6 Å². The third-order valence-corrected chi connectivity index (χ3v) is 3.54. The van der Waals surface area contributed by atoms with Crippen molar-refractivity contribution in [1.29, 1.82) is 0 Å². The second kappa shape index (κ2) is 6.41. The first-order valence-electron chi connectivity index (χ1n) is 6.58. The first-order chi connectivity index (χ1) is 8.69. The van der Waals surface area contributed by atoms with E-state index < -0.39 is 0 Å². The fraction of sp³-hybridized carbons (Fsp3) is 0.571. The van der Waals surface area contributed by atoms with E-state index in [-0.39, 0.29) is 0 Å². The van der Waals surface area contributed by atoms with Gasteiger partial charge in [-0.15, -0.1) is 0 Å². The molecule has 1 aliphatic heterocycles. The lowest BCUT2D eigenvalue weighted by Crippen LogP contribution is -2.42. The lowest BCUT2D eigenvalue weighted by atomic mass is 10.1. The van der Waals surface area contributed by atoms with Crippen molar-refractivity contribution in [3.63, 3.8) is 0 Å². The van der Waals surface area contributed by atoms with Gasteiger partial charge < -0.3 is 10.5 Å². The average Bonchev–Trinajstić information content (AvgIpc) is 2.33. The number of ether oxygens (including phenoxy) is 1. The zero-order chi connectivity index (χ0) is 13.0. The summed E-state index contributed by atoms with van der Waals surface area (Å²) in [5.41, 5.74) is 7.20. The molecule has 100 valence electrons. The summed E-state index contributed by atoms with van der Waals surface area (Å²) >= 11 is 6.19. The molecule has 1 saturated heterocycles. The standard InChI is InChI=1S/C14H21ClN2O/c1-2-18-14-6-5-11(8-13(14)15)9-17-7-3-4-12(16)10-17/h5-6,8,12H,2-4,7,9-10,16H2,1H3/t12-/m0/s1. The fourth-order valence-corrected chi connectivity index (χ4v) is 2.67. The Labute approximate surface area is 114 Å². The highest BCUT2D eigenvalue weighted by Crippen LogP contribution is 2.26. The van der Waals surface area contributed by atoms with Crippen LogP contribution in [0.2, 0.25) is 5.02 Å². The molecule has 4 heteroatoms. The number of halogens is 1. The van der Waals surface area contributed by atoms with E-state index in [0.717, 1.165) is 31.8 Å². The molecule has 1 aliphatic rings. The lowest BCUT2D eigenvalue weighted by Gasteiger charge is -2.30. The normalized spacial score (nSPS) is 20.9. The summed E-state index contributed by atoms with van der Waals surface area (Å²) in [4.78, 5) is 2.39. The second-order valence-corrected chi connectivity index (χ2v) is 5.24. The van der Waals surface area contributed by atoms with Crippen LogP contribution < -0.4 is 10.5 Å². The summed E-state index contributed by atoms with van der Waals surface area (Å²) in [6.45, 7) is 5.61. The van der Waals surface area contributed by atoms with Crippen LogP contribution in [0.3, 0.4) is 0 Å². The molecule has 2 N–H and O–H groups in total. The molecule has 2 rings (SSSR count). The van der Waals surface area contributed by atoms with Crippen molar-refractivity contribution in [2.75, 3.05) is 19.7 Å². The van der Waals surface area contributed by atoms with Crippen LogP contribution >= 0.6 is 11.6 Å². The maximum Gasteiger partial charge on any atom is 0.137 e. The van der Waals surface area contributed by atoms with E-state index in [1.807, 2.05) is 19.1 Å². The van der Waals surface area contributed by atoms with Crippen LogP contribution in [0.1, 0.15) is 25.3 Å². The number of likely N-dealkylation sites (tertiary alicyclic amines) is 1. The Bertz CT molecular complexity index is 397. The Kier molecular flexibility index (Phi) is 4.87. The zero-order valence-corrected chi connectivity index (χ0v) is 11.6. The number of piperidine rings is 1. The molecule has 0 saturated carbocycles. The highest BCUT2D eigenvalue weighted by atomic mass is 35.5. The largest absolute Gasteiger partial charge is 0.492 e. The van der Waals surface area contributed by atoms with Gasteiger partial charge in [0, 0.05) is 19.1 Å². The average molecular weight is 269 g/mol. The van der Waals surface area contributed by atoms with Gasteiger partial charge in [-0.1, -0.05) is 17.7 Å². The minimum atomic E-state index is 0.317. The molecule has 3 nitrogen and oxygen atoms in total. The van der Waals surface area contributed by atoms with Crippen molar-refractivity contribution >= 4 is 11.6 Å². The zero-order valence-electron chi connectivity index (χ0n) is 10.9. The first-order valence-corrected chi connectivity index (χ1v) is 6.96. The molecular weight excluding hydrogens is 248 g/mol. The number of nitrogens with two attached hydrogens (primary N) is 1. The van der Waals surface area contributed by atoms with Gasteiger partial charge in [0.1, 0.15) is 5.75 Å². The van der Waals surface area contributed by atoms with E-state index in [1.54, 1.807) is 0 Å². The number of rotatable bonds is 4. The highest BCUT2D eigenvalue weighted by molar-refractivity contribution is 6.32. The number of nitrogens with zero attached hydrogens (tertiary/aromatic N) is 1. The Hall–Kier alpha value is -0.770. The van der Waals surface area contributed by atoms with Gasteiger partial charge >= 0.3 is 0 Å². The molecule has 0 unspecified atom stereocenters. The van der Waals surface area contributed by atoms with E-state index in [2.05, 4.69) is 11.0 Å². The monoisotopic (exact) mass is 268 g/mol. The molecule has 1 aromatic carbocycles. The molecule has 0 spiro atoms. The topological polar surface area (TPSA) is 38.5 Å². The van der Waals surface area contributed by atoms with Gasteiger partial charge in [-0.25, -0.2) is 0 Å². The number of hydrogen-bond acceptors (Lipinski definition) is 3. The second-order valence-electron chi connectivity index (χ2n) is 4.84. The van der Waals surface area contributed by atoms with Gasteiger partial charge in [-0.2, -0.15) is 0 Å². The van der Waals surface area contributed by atoms with Gasteiger partial charge in [-0.05, 0) is 44.0 Å².